The summed E-state index contributed by atoms with van der Waals surface area (Å²) in [7, 11) is 0. The molecule has 1 aliphatic heterocycles. The Morgan fingerprint density at radius 3 is 2.55 bits per heavy atom. The highest BCUT2D eigenvalue weighted by atomic mass is 19.3. The van der Waals surface area contributed by atoms with E-state index in [4.69, 9.17) is 4.42 Å². The Kier molecular flexibility index (Phi) is 6.93. The monoisotopic (exact) mass is 530 g/mol. The lowest BCUT2D eigenvalue weighted by Crippen LogP contribution is -2.47. The van der Waals surface area contributed by atoms with E-state index in [9.17, 15) is 27.2 Å². The first-order chi connectivity index (χ1) is 18.1. The number of oxazole rings is 1. The van der Waals surface area contributed by atoms with E-state index in [0.29, 0.717) is 11.3 Å². The molecule has 3 heterocycles. The van der Waals surface area contributed by atoms with Crippen molar-refractivity contribution in [2.75, 3.05) is 6.54 Å². The summed E-state index contributed by atoms with van der Waals surface area (Å²) < 4.78 is 61.3. The number of carbonyl (C=O) groups excluding carboxylic acids is 2. The van der Waals surface area contributed by atoms with Crippen molar-refractivity contribution in [2.24, 2.45) is 0 Å². The van der Waals surface area contributed by atoms with Gasteiger partial charge in [0, 0.05) is 24.8 Å². The van der Waals surface area contributed by atoms with Crippen LogP contribution in [0.5, 0.6) is 0 Å². The molecule has 1 aliphatic carbocycles. The summed E-state index contributed by atoms with van der Waals surface area (Å²) in [6.07, 6.45) is -1.22. The predicted octanol–water partition coefficient (Wildman–Crippen LogP) is 4.42. The molecule has 0 radical (unpaired) electrons. The number of hydrogen-bond acceptors (Lipinski definition) is 5. The summed E-state index contributed by atoms with van der Waals surface area (Å²) in [6.45, 7) is 1.43. The standard InChI is InChI=1S/C27H26F4N4O3/c1-15-13-32-22(38-15)10-23(36)35-14-18(28)9-21(35)26(37)34-24(16-5-3-2-4-6-16)20-8-7-19(25(29)33-20)17-11-27(30,31)12-17/h2-8,13,17-18,21,24H,9-12,14H2,1H3,(H,34,37)/t18-,21+,24+/m1/s1. The molecule has 1 saturated carbocycles. The molecule has 1 saturated heterocycles. The van der Waals surface area contributed by atoms with Crippen molar-refractivity contribution >= 4 is 11.8 Å². The average molecular weight is 531 g/mol. The second-order valence-corrected chi connectivity index (χ2v) is 9.87. The number of benzene rings is 1. The average Bonchev–Trinajstić information content (AvgIpc) is 3.46. The Bertz CT molecular complexity index is 1320. The lowest BCUT2D eigenvalue weighted by Gasteiger charge is -2.35. The van der Waals surface area contributed by atoms with Gasteiger partial charge >= 0.3 is 0 Å². The van der Waals surface area contributed by atoms with Crippen LogP contribution in [0.25, 0.3) is 0 Å². The highest BCUT2D eigenvalue weighted by molar-refractivity contribution is 5.89. The lowest BCUT2D eigenvalue weighted by atomic mass is 9.77. The molecule has 2 amide bonds. The molecule has 0 unspecified atom stereocenters. The Morgan fingerprint density at radius 2 is 1.92 bits per heavy atom. The zero-order valence-corrected chi connectivity index (χ0v) is 20.5. The molecule has 1 aromatic carbocycles. The van der Waals surface area contributed by atoms with Gasteiger partial charge in [0.15, 0.2) is 0 Å². The largest absolute Gasteiger partial charge is 0.445 e. The van der Waals surface area contributed by atoms with Crippen molar-refractivity contribution in [2.45, 2.75) is 62.7 Å². The van der Waals surface area contributed by atoms with E-state index >= 15 is 0 Å². The number of nitrogens with one attached hydrogen (secondary N) is 1. The molecule has 11 heteroatoms. The minimum atomic E-state index is -2.80. The number of likely N-dealkylation sites (tertiary alicyclic amines) is 1. The number of hydrogen-bond donors (Lipinski definition) is 1. The Labute approximate surface area is 216 Å². The quantitative estimate of drug-likeness (QED) is 0.361. The summed E-state index contributed by atoms with van der Waals surface area (Å²) in [5.41, 5.74) is 0.839. The van der Waals surface area contributed by atoms with Crippen molar-refractivity contribution in [3.8, 4) is 0 Å². The van der Waals surface area contributed by atoms with Gasteiger partial charge in [-0.05, 0) is 24.5 Å². The first-order valence-corrected chi connectivity index (χ1v) is 12.3. The third kappa shape index (κ3) is 5.41. The normalized spacial score (nSPS) is 21.7. The maximum atomic E-state index is 14.9. The maximum Gasteiger partial charge on any atom is 0.249 e. The molecule has 5 rings (SSSR count). The first-order valence-electron chi connectivity index (χ1n) is 12.3. The molecule has 2 aliphatic rings. The second-order valence-electron chi connectivity index (χ2n) is 9.87. The van der Waals surface area contributed by atoms with Gasteiger partial charge in [-0.15, -0.1) is 0 Å². The summed E-state index contributed by atoms with van der Waals surface area (Å²) in [5.74, 6) is -4.74. The fourth-order valence-corrected chi connectivity index (χ4v) is 5.04. The van der Waals surface area contributed by atoms with Crippen LogP contribution in [-0.2, 0) is 16.0 Å². The Hall–Kier alpha value is -3.76. The fraction of sp³-hybridized carbons (Fsp3) is 0.407. The first kappa shape index (κ1) is 25.9. The van der Waals surface area contributed by atoms with Crippen LogP contribution in [0.2, 0.25) is 0 Å². The fourth-order valence-electron chi connectivity index (χ4n) is 5.04. The molecule has 2 fully saturated rings. The van der Waals surface area contributed by atoms with Gasteiger partial charge in [-0.2, -0.15) is 4.39 Å². The van der Waals surface area contributed by atoms with E-state index in [1.54, 1.807) is 37.3 Å². The SMILES string of the molecule is Cc1cnc(CC(=O)N2C[C@H](F)C[C@H]2C(=O)N[C@@H](c2ccccc2)c2ccc(C3CC(F)(F)C3)c(F)n2)o1. The maximum absolute atomic E-state index is 14.9. The number of halogens is 4. The second kappa shape index (κ2) is 10.2. The van der Waals surface area contributed by atoms with E-state index in [0.717, 1.165) is 4.90 Å². The van der Waals surface area contributed by atoms with E-state index in [1.807, 2.05) is 0 Å². The van der Waals surface area contributed by atoms with Crippen LogP contribution in [-0.4, -0.2) is 51.4 Å². The van der Waals surface area contributed by atoms with Crippen molar-refractivity contribution in [3.05, 3.63) is 83.1 Å². The van der Waals surface area contributed by atoms with Gasteiger partial charge in [-0.3, -0.25) is 9.59 Å². The van der Waals surface area contributed by atoms with Crippen molar-refractivity contribution < 1.29 is 31.6 Å². The van der Waals surface area contributed by atoms with Gasteiger partial charge in [-0.1, -0.05) is 36.4 Å². The van der Waals surface area contributed by atoms with E-state index in [2.05, 4.69) is 15.3 Å². The molecule has 1 N–H and O–H groups in total. The summed E-state index contributed by atoms with van der Waals surface area (Å²) in [4.78, 5) is 35.5. The third-order valence-corrected chi connectivity index (χ3v) is 6.99. The lowest BCUT2D eigenvalue weighted by molar-refractivity contribution is -0.138. The third-order valence-electron chi connectivity index (χ3n) is 6.99. The van der Waals surface area contributed by atoms with Crippen LogP contribution in [0.15, 0.2) is 53.1 Å². The molecule has 3 aromatic rings. The van der Waals surface area contributed by atoms with Gasteiger partial charge in [-0.25, -0.2) is 23.1 Å². The van der Waals surface area contributed by atoms with Crippen LogP contribution in [0.3, 0.4) is 0 Å². The zero-order chi connectivity index (χ0) is 27.0. The topological polar surface area (TPSA) is 88.3 Å². The summed E-state index contributed by atoms with van der Waals surface area (Å²) in [6, 6.07) is 9.56. The van der Waals surface area contributed by atoms with E-state index in [1.165, 1.54) is 18.3 Å². The molecule has 0 bridgehead atoms. The minimum absolute atomic E-state index is 0.104. The summed E-state index contributed by atoms with van der Waals surface area (Å²) >= 11 is 0. The Morgan fingerprint density at radius 1 is 1.18 bits per heavy atom. The van der Waals surface area contributed by atoms with Crippen LogP contribution >= 0.6 is 0 Å². The number of carbonyl (C=O) groups is 2. The molecule has 3 atom stereocenters. The van der Waals surface area contributed by atoms with Gasteiger partial charge in [0.05, 0.1) is 24.5 Å². The minimum Gasteiger partial charge on any atom is -0.445 e. The van der Waals surface area contributed by atoms with Gasteiger partial charge in [0.2, 0.25) is 29.6 Å². The smallest absolute Gasteiger partial charge is 0.249 e. The van der Waals surface area contributed by atoms with Crippen LogP contribution in [0, 0.1) is 12.9 Å². The number of aryl methyl sites for hydroxylation is 1. The number of rotatable bonds is 7. The van der Waals surface area contributed by atoms with Crippen molar-refractivity contribution in [1.82, 2.24) is 20.2 Å². The Balaban J connectivity index is 1.37. The number of aromatic nitrogens is 2. The van der Waals surface area contributed by atoms with Gasteiger partial charge in [0.25, 0.3) is 0 Å². The van der Waals surface area contributed by atoms with Crippen LogP contribution in [0.1, 0.15) is 59.7 Å². The number of nitrogens with zero attached hydrogens (tertiary/aromatic N) is 3. The molecule has 2 aromatic heterocycles. The van der Waals surface area contributed by atoms with Gasteiger partial charge in [0.1, 0.15) is 24.4 Å². The molecular formula is C27H26F4N4O3. The molecule has 200 valence electrons. The van der Waals surface area contributed by atoms with Gasteiger partial charge < -0.3 is 14.6 Å². The number of amides is 2. The molecule has 38 heavy (non-hydrogen) atoms. The molecule has 7 nitrogen and oxygen atoms in total. The van der Waals surface area contributed by atoms with Crippen LogP contribution in [0.4, 0.5) is 17.6 Å². The number of pyridine rings is 1. The predicted molar refractivity (Wildman–Crippen MR) is 128 cm³/mol. The molecular weight excluding hydrogens is 504 g/mol. The van der Waals surface area contributed by atoms with E-state index in [-0.39, 0.29) is 36.5 Å². The number of alkyl halides is 3. The van der Waals surface area contributed by atoms with Crippen LogP contribution < -0.4 is 5.32 Å². The van der Waals surface area contributed by atoms with Crippen molar-refractivity contribution in [1.29, 1.82) is 0 Å². The summed E-state index contributed by atoms with van der Waals surface area (Å²) in [5, 5.41) is 2.79. The highest BCUT2D eigenvalue weighted by Gasteiger charge is 2.47. The molecule has 0 spiro atoms. The highest BCUT2D eigenvalue weighted by Crippen LogP contribution is 2.48. The van der Waals surface area contributed by atoms with Crippen molar-refractivity contribution in [3.63, 3.8) is 0 Å². The van der Waals surface area contributed by atoms with E-state index < -0.39 is 60.7 Å². The zero-order valence-electron chi connectivity index (χ0n) is 20.5.